The molecular weight excluding hydrogens is 521 g/mol. The van der Waals surface area contributed by atoms with Crippen LogP contribution in [-0.4, -0.2) is 61.5 Å². The van der Waals surface area contributed by atoms with Crippen molar-refractivity contribution in [3.63, 3.8) is 0 Å². The SMILES string of the molecule is C[C@@H](Oc1cccc(Cl)c1Cl)C(=O)N1CCN(c2ccc(S(=O)(=O)Nc3nccs3)cn2)CC1. The molecule has 0 aliphatic carbocycles. The van der Waals surface area contributed by atoms with Crippen molar-refractivity contribution in [1.82, 2.24) is 14.9 Å². The number of sulfonamides is 1. The molecule has 2 aromatic heterocycles. The number of thiazole rings is 1. The lowest BCUT2D eigenvalue weighted by Crippen LogP contribution is -2.52. The quantitative estimate of drug-likeness (QED) is 0.485. The zero-order valence-corrected chi connectivity index (χ0v) is 21.2. The number of ether oxygens (including phenoxy) is 1. The summed E-state index contributed by atoms with van der Waals surface area (Å²) in [4.78, 5) is 24.8. The predicted molar refractivity (Wildman–Crippen MR) is 133 cm³/mol. The van der Waals surface area contributed by atoms with Gasteiger partial charge in [-0.3, -0.25) is 9.52 Å². The first-order valence-electron chi connectivity index (χ1n) is 10.3. The highest BCUT2D eigenvalue weighted by molar-refractivity contribution is 7.93. The Hall–Kier alpha value is -2.60. The van der Waals surface area contributed by atoms with Crippen molar-refractivity contribution in [3.8, 4) is 5.75 Å². The maximum atomic E-state index is 12.8. The van der Waals surface area contributed by atoms with Crippen molar-refractivity contribution in [3.05, 3.63) is 58.2 Å². The molecule has 3 heterocycles. The Morgan fingerprint density at radius 3 is 2.56 bits per heavy atom. The molecule has 13 heteroatoms. The van der Waals surface area contributed by atoms with Crippen molar-refractivity contribution < 1.29 is 17.9 Å². The van der Waals surface area contributed by atoms with E-state index in [4.69, 9.17) is 27.9 Å². The molecule has 1 saturated heterocycles. The molecule has 1 N–H and O–H groups in total. The lowest BCUT2D eigenvalue weighted by atomic mass is 10.2. The molecule has 1 aliphatic rings. The van der Waals surface area contributed by atoms with E-state index in [0.717, 1.165) is 0 Å². The lowest BCUT2D eigenvalue weighted by molar-refractivity contribution is -0.138. The molecule has 9 nitrogen and oxygen atoms in total. The van der Waals surface area contributed by atoms with Crippen LogP contribution in [0.5, 0.6) is 5.75 Å². The monoisotopic (exact) mass is 541 g/mol. The standard InChI is InChI=1S/C21H21Cl2N5O4S2/c1-14(32-17-4-2-3-16(22)19(17)23)20(29)28-10-8-27(9-11-28)18-6-5-15(13-25-18)34(30,31)26-21-24-7-12-33-21/h2-7,12-14H,8-11H2,1H3,(H,24,26)/t14-/m1/s1. The van der Waals surface area contributed by atoms with Gasteiger partial charge in [0.25, 0.3) is 15.9 Å². The van der Waals surface area contributed by atoms with Gasteiger partial charge in [0.15, 0.2) is 11.2 Å². The molecular formula is C21H21Cl2N5O4S2. The summed E-state index contributed by atoms with van der Waals surface area (Å²) in [5, 5.41) is 2.61. The van der Waals surface area contributed by atoms with Crippen molar-refractivity contribution in [1.29, 1.82) is 0 Å². The molecule has 0 saturated carbocycles. The molecule has 34 heavy (non-hydrogen) atoms. The van der Waals surface area contributed by atoms with E-state index in [2.05, 4.69) is 14.7 Å². The fraction of sp³-hybridized carbons (Fsp3) is 0.286. The first kappa shape index (κ1) is 24.5. The van der Waals surface area contributed by atoms with Crippen LogP contribution in [0.3, 0.4) is 0 Å². The van der Waals surface area contributed by atoms with Crippen LogP contribution in [0.25, 0.3) is 0 Å². The third-order valence-electron chi connectivity index (χ3n) is 5.17. The van der Waals surface area contributed by atoms with Gasteiger partial charge >= 0.3 is 0 Å². The number of anilines is 2. The van der Waals surface area contributed by atoms with E-state index in [0.29, 0.717) is 47.9 Å². The second kappa shape index (κ2) is 10.3. The van der Waals surface area contributed by atoms with E-state index in [-0.39, 0.29) is 15.8 Å². The summed E-state index contributed by atoms with van der Waals surface area (Å²) in [6.45, 7) is 3.72. The van der Waals surface area contributed by atoms with Crippen molar-refractivity contribution in [2.45, 2.75) is 17.9 Å². The molecule has 1 aliphatic heterocycles. The Morgan fingerprint density at radius 2 is 1.91 bits per heavy atom. The number of piperazine rings is 1. The summed E-state index contributed by atoms with van der Waals surface area (Å²) in [7, 11) is -3.76. The summed E-state index contributed by atoms with van der Waals surface area (Å²) in [6.07, 6.45) is 2.11. The molecule has 1 aromatic carbocycles. The van der Waals surface area contributed by atoms with Crippen LogP contribution in [0.2, 0.25) is 10.0 Å². The van der Waals surface area contributed by atoms with E-state index < -0.39 is 16.1 Å². The number of pyridine rings is 1. The molecule has 1 amide bonds. The minimum atomic E-state index is -3.76. The summed E-state index contributed by atoms with van der Waals surface area (Å²) >= 11 is 13.4. The van der Waals surface area contributed by atoms with Gasteiger partial charge in [0.05, 0.1) is 5.02 Å². The average Bonchev–Trinajstić information content (AvgIpc) is 3.34. The van der Waals surface area contributed by atoms with Crippen molar-refractivity contribution in [2.24, 2.45) is 0 Å². The highest BCUT2D eigenvalue weighted by Crippen LogP contribution is 2.32. The van der Waals surface area contributed by atoms with E-state index >= 15 is 0 Å². The molecule has 1 atom stereocenters. The van der Waals surface area contributed by atoms with E-state index in [1.54, 1.807) is 41.5 Å². The van der Waals surface area contributed by atoms with Crippen LogP contribution in [0.1, 0.15) is 6.92 Å². The molecule has 180 valence electrons. The molecule has 0 bridgehead atoms. The zero-order valence-electron chi connectivity index (χ0n) is 18.0. The smallest absolute Gasteiger partial charge is 0.265 e. The van der Waals surface area contributed by atoms with Gasteiger partial charge in [-0.05, 0) is 31.2 Å². The number of hydrogen-bond donors (Lipinski definition) is 1. The molecule has 0 unspecified atom stereocenters. The minimum absolute atomic E-state index is 0.0471. The number of carbonyl (C=O) groups excluding carboxylic acids is 1. The van der Waals surface area contributed by atoms with Crippen molar-refractivity contribution in [2.75, 3.05) is 35.8 Å². The van der Waals surface area contributed by atoms with Gasteiger partial charge in [0.2, 0.25) is 0 Å². The zero-order chi connectivity index (χ0) is 24.3. The number of amides is 1. The molecule has 1 fully saturated rings. The molecule has 3 aromatic rings. The van der Waals surface area contributed by atoms with Crippen LogP contribution < -0.4 is 14.4 Å². The second-order valence-corrected chi connectivity index (χ2v) is 10.8. The Bertz CT molecular complexity index is 1250. The van der Waals surface area contributed by atoms with Gasteiger partial charge < -0.3 is 14.5 Å². The Kier molecular flexibility index (Phi) is 7.46. The third kappa shape index (κ3) is 5.54. The third-order valence-corrected chi connectivity index (χ3v) is 8.11. The summed E-state index contributed by atoms with van der Waals surface area (Å²) in [5.41, 5.74) is 0. The van der Waals surface area contributed by atoms with Gasteiger partial charge in [0, 0.05) is 44.0 Å². The normalized spacial score (nSPS) is 15.1. The van der Waals surface area contributed by atoms with Crippen LogP contribution >= 0.6 is 34.5 Å². The second-order valence-electron chi connectivity index (χ2n) is 7.42. The number of nitrogens with zero attached hydrogens (tertiary/aromatic N) is 4. The topological polar surface area (TPSA) is 105 Å². The Labute approximate surface area is 211 Å². The molecule has 0 spiro atoms. The summed E-state index contributed by atoms with van der Waals surface area (Å²) < 4.78 is 33.1. The van der Waals surface area contributed by atoms with Gasteiger partial charge in [-0.25, -0.2) is 18.4 Å². The maximum Gasteiger partial charge on any atom is 0.265 e. The van der Waals surface area contributed by atoms with Gasteiger partial charge in [-0.1, -0.05) is 29.3 Å². The largest absolute Gasteiger partial charge is 0.479 e. The molecule has 0 radical (unpaired) electrons. The van der Waals surface area contributed by atoms with Gasteiger partial charge in [0.1, 0.15) is 21.5 Å². The number of hydrogen-bond acceptors (Lipinski definition) is 8. The predicted octanol–water partition coefficient (Wildman–Crippen LogP) is 3.76. The van der Waals surface area contributed by atoms with Crippen LogP contribution in [-0.2, 0) is 14.8 Å². The highest BCUT2D eigenvalue weighted by atomic mass is 35.5. The highest BCUT2D eigenvalue weighted by Gasteiger charge is 2.27. The first-order chi connectivity index (χ1) is 16.2. The van der Waals surface area contributed by atoms with Crippen LogP contribution in [0.15, 0.2) is 53.0 Å². The first-order valence-corrected chi connectivity index (χ1v) is 13.4. The summed E-state index contributed by atoms with van der Waals surface area (Å²) in [6, 6.07) is 8.17. The number of benzene rings is 1. The fourth-order valence-electron chi connectivity index (χ4n) is 3.40. The van der Waals surface area contributed by atoms with Crippen LogP contribution in [0, 0.1) is 0 Å². The maximum absolute atomic E-state index is 12.8. The van der Waals surface area contributed by atoms with Gasteiger partial charge in [-0.15, -0.1) is 11.3 Å². The number of carbonyl (C=O) groups is 1. The molecule has 4 rings (SSSR count). The Morgan fingerprint density at radius 1 is 1.15 bits per heavy atom. The van der Waals surface area contributed by atoms with Crippen LogP contribution in [0.4, 0.5) is 10.9 Å². The Balaban J connectivity index is 1.33. The average molecular weight is 542 g/mol. The number of nitrogens with one attached hydrogen (secondary N) is 1. The van der Waals surface area contributed by atoms with Gasteiger partial charge in [-0.2, -0.15) is 0 Å². The number of rotatable bonds is 7. The number of aromatic nitrogens is 2. The lowest BCUT2D eigenvalue weighted by Gasteiger charge is -2.36. The number of halogens is 2. The fourth-order valence-corrected chi connectivity index (χ4v) is 5.46. The van der Waals surface area contributed by atoms with Crippen molar-refractivity contribution >= 4 is 61.4 Å². The minimum Gasteiger partial charge on any atom is -0.479 e. The van der Waals surface area contributed by atoms with E-state index in [1.165, 1.54) is 29.8 Å². The van der Waals surface area contributed by atoms with E-state index in [9.17, 15) is 13.2 Å². The summed E-state index contributed by atoms with van der Waals surface area (Å²) in [5.74, 6) is 0.839. The van der Waals surface area contributed by atoms with E-state index in [1.807, 2.05) is 4.90 Å².